The molecule has 1 amide bonds. The summed E-state index contributed by atoms with van der Waals surface area (Å²) in [6.07, 6.45) is 0.855. The molecule has 1 atom stereocenters. The largest absolute Gasteiger partial charge is 0.329 e. The number of benzene rings is 1. The number of hydrogen-bond donors (Lipinski definition) is 1. The highest BCUT2D eigenvalue weighted by Gasteiger charge is 2.41. The van der Waals surface area contributed by atoms with Crippen LogP contribution in [0.5, 0.6) is 0 Å². The molecule has 3 rings (SSSR count). The van der Waals surface area contributed by atoms with Gasteiger partial charge in [0.25, 0.3) is 0 Å². The SMILES string of the molecule is CC1(C)CC(=O)C2=C(C1)NC(=O)CC2c1cccc(F)c1F. The third-order valence-electron chi connectivity index (χ3n) is 4.31. The first-order valence-corrected chi connectivity index (χ1v) is 7.28. The fourth-order valence-corrected chi connectivity index (χ4v) is 3.41. The van der Waals surface area contributed by atoms with Crippen molar-refractivity contribution >= 4 is 11.7 Å². The molecule has 1 aliphatic heterocycles. The number of carbonyl (C=O) groups excluding carboxylic acids is 2. The Balaban J connectivity index is 2.13. The molecular weight excluding hydrogens is 288 g/mol. The van der Waals surface area contributed by atoms with Crippen LogP contribution in [0.1, 0.15) is 44.6 Å². The lowest BCUT2D eigenvalue weighted by molar-refractivity contribution is -0.122. The number of nitrogens with one attached hydrogen (secondary N) is 1. The van der Waals surface area contributed by atoms with Crippen LogP contribution < -0.4 is 5.32 Å². The van der Waals surface area contributed by atoms with Crippen LogP contribution in [0.3, 0.4) is 0 Å². The molecule has 0 saturated carbocycles. The molecule has 0 saturated heterocycles. The molecule has 22 heavy (non-hydrogen) atoms. The van der Waals surface area contributed by atoms with Gasteiger partial charge in [0.1, 0.15) is 0 Å². The molecular formula is C17H17F2NO2. The molecule has 0 bridgehead atoms. The van der Waals surface area contributed by atoms with Gasteiger partial charge in [0, 0.05) is 30.0 Å². The number of rotatable bonds is 1. The summed E-state index contributed by atoms with van der Waals surface area (Å²) >= 11 is 0. The minimum Gasteiger partial charge on any atom is -0.329 e. The lowest BCUT2D eigenvalue weighted by Crippen LogP contribution is -2.40. The molecule has 0 aromatic heterocycles. The van der Waals surface area contributed by atoms with Crippen molar-refractivity contribution in [1.29, 1.82) is 0 Å². The minimum absolute atomic E-state index is 0.0363. The predicted molar refractivity (Wildman–Crippen MR) is 76.9 cm³/mol. The highest BCUT2D eigenvalue weighted by Crippen LogP contribution is 2.44. The van der Waals surface area contributed by atoms with Gasteiger partial charge in [-0.3, -0.25) is 9.59 Å². The van der Waals surface area contributed by atoms with Crippen molar-refractivity contribution in [2.75, 3.05) is 0 Å². The summed E-state index contributed by atoms with van der Waals surface area (Å²) in [4.78, 5) is 24.4. The van der Waals surface area contributed by atoms with Crippen LogP contribution >= 0.6 is 0 Å². The fourth-order valence-electron chi connectivity index (χ4n) is 3.41. The molecule has 1 aliphatic carbocycles. The molecule has 2 aliphatic rings. The average molecular weight is 305 g/mol. The summed E-state index contributed by atoms with van der Waals surface area (Å²) in [6.45, 7) is 3.90. The molecule has 3 nitrogen and oxygen atoms in total. The number of Topliss-reactive ketones (excluding diaryl/α,β-unsaturated/α-hetero) is 1. The third-order valence-corrected chi connectivity index (χ3v) is 4.31. The van der Waals surface area contributed by atoms with Crippen LogP contribution in [0, 0.1) is 17.0 Å². The van der Waals surface area contributed by atoms with Crippen LogP contribution in [0.15, 0.2) is 29.5 Å². The topological polar surface area (TPSA) is 46.2 Å². The molecule has 1 aromatic rings. The number of ketones is 1. The molecule has 5 heteroatoms. The lowest BCUT2D eigenvalue weighted by atomic mass is 9.70. The molecule has 116 valence electrons. The summed E-state index contributed by atoms with van der Waals surface area (Å²) in [6, 6.07) is 3.87. The van der Waals surface area contributed by atoms with E-state index in [4.69, 9.17) is 0 Å². The quantitative estimate of drug-likeness (QED) is 0.866. The summed E-state index contributed by atoms with van der Waals surface area (Å²) in [5.74, 6) is -3.01. The number of hydrogen-bond acceptors (Lipinski definition) is 2. The van der Waals surface area contributed by atoms with Gasteiger partial charge in [-0.15, -0.1) is 0 Å². The smallest absolute Gasteiger partial charge is 0.225 e. The zero-order valence-electron chi connectivity index (χ0n) is 12.5. The Morgan fingerprint density at radius 3 is 2.64 bits per heavy atom. The van der Waals surface area contributed by atoms with Gasteiger partial charge in [-0.1, -0.05) is 26.0 Å². The molecule has 1 N–H and O–H groups in total. The van der Waals surface area contributed by atoms with E-state index in [1.165, 1.54) is 12.1 Å². The zero-order chi connectivity index (χ0) is 16.1. The first-order valence-electron chi connectivity index (χ1n) is 7.28. The van der Waals surface area contributed by atoms with Crippen LogP contribution in [-0.4, -0.2) is 11.7 Å². The number of carbonyl (C=O) groups is 2. The van der Waals surface area contributed by atoms with Gasteiger partial charge in [-0.05, 0) is 23.5 Å². The van der Waals surface area contributed by atoms with E-state index >= 15 is 0 Å². The van der Waals surface area contributed by atoms with Crippen molar-refractivity contribution in [3.8, 4) is 0 Å². The number of allylic oxidation sites excluding steroid dienone is 2. The van der Waals surface area contributed by atoms with Gasteiger partial charge in [0.2, 0.25) is 5.91 Å². The van der Waals surface area contributed by atoms with Crippen molar-refractivity contribution < 1.29 is 18.4 Å². The zero-order valence-corrected chi connectivity index (χ0v) is 12.5. The standard InChI is InChI=1S/C17H17F2NO2/c1-17(2)7-12-15(13(21)8-17)10(6-14(22)20-12)9-4-3-5-11(18)16(9)19/h3-5,10H,6-8H2,1-2H3,(H,20,22). The Kier molecular flexibility index (Phi) is 3.38. The number of halogens is 2. The second kappa shape index (κ2) is 5.00. The van der Waals surface area contributed by atoms with Crippen LogP contribution in [-0.2, 0) is 9.59 Å². The maximum absolute atomic E-state index is 14.1. The Bertz CT molecular complexity index is 707. The Morgan fingerprint density at radius 1 is 1.18 bits per heavy atom. The highest BCUT2D eigenvalue weighted by molar-refractivity contribution is 6.02. The molecule has 1 heterocycles. The van der Waals surface area contributed by atoms with Crippen molar-refractivity contribution in [3.05, 3.63) is 46.7 Å². The summed E-state index contributed by atoms with van der Waals surface area (Å²) in [5, 5.41) is 2.74. The Morgan fingerprint density at radius 2 is 1.91 bits per heavy atom. The number of amides is 1. The monoisotopic (exact) mass is 305 g/mol. The van der Waals surface area contributed by atoms with E-state index in [0.29, 0.717) is 24.1 Å². The molecule has 0 fully saturated rings. The second-order valence-electron chi connectivity index (χ2n) is 6.78. The first kappa shape index (κ1) is 14.9. The van der Waals surface area contributed by atoms with Gasteiger partial charge in [0.15, 0.2) is 17.4 Å². The van der Waals surface area contributed by atoms with Gasteiger partial charge in [0.05, 0.1) is 0 Å². The van der Waals surface area contributed by atoms with E-state index in [1.807, 2.05) is 13.8 Å². The van der Waals surface area contributed by atoms with Gasteiger partial charge < -0.3 is 5.32 Å². The lowest BCUT2D eigenvalue weighted by Gasteiger charge is -2.37. The normalized spacial score (nSPS) is 24.1. The van der Waals surface area contributed by atoms with Crippen molar-refractivity contribution in [2.45, 2.75) is 39.0 Å². The summed E-state index contributed by atoms with van der Waals surface area (Å²) < 4.78 is 27.6. The highest BCUT2D eigenvalue weighted by atomic mass is 19.2. The predicted octanol–water partition coefficient (Wildman–Crippen LogP) is 3.21. The van der Waals surface area contributed by atoms with Gasteiger partial charge >= 0.3 is 0 Å². The molecule has 1 aromatic carbocycles. The van der Waals surface area contributed by atoms with Gasteiger partial charge in [-0.25, -0.2) is 8.78 Å². The van der Waals surface area contributed by atoms with E-state index in [-0.39, 0.29) is 29.1 Å². The van der Waals surface area contributed by atoms with Crippen molar-refractivity contribution in [3.63, 3.8) is 0 Å². The first-order chi connectivity index (χ1) is 10.3. The molecule has 0 radical (unpaired) electrons. The minimum atomic E-state index is -0.980. The summed E-state index contributed by atoms with van der Waals surface area (Å²) in [7, 11) is 0. The van der Waals surface area contributed by atoms with Crippen molar-refractivity contribution in [1.82, 2.24) is 5.32 Å². The average Bonchev–Trinajstić information content (AvgIpc) is 2.39. The van der Waals surface area contributed by atoms with E-state index in [9.17, 15) is 18.4 Å². The van der Waals surface area contributed by atoms with Crippen molar-refractivity contribution in [2.24, 2.45) is 5.41 Å². The van der Waals surface area contributed by atoms with Crippen LogP contribution in [0.4, 0.5) is 8.78 Å². The Hall–Kier alpha value is -2.04. The maximum Gasteiger partial charge on any atom is 0.225 e. The van der Waals surface area contributed by atoms with E-state index in [2.05, 4.69) is 5.32 Å². The van der Waals surface area contributed by atoms with E-state index in [1.54, 1.807) is 0 Å². The van der Waals surface area contributed by atoms with Crippen LogP contribution in [0.25, 0.3) is 0 Å². The molecule has 0 spiro atoms. The second-order valence-corrected chi connectivity index (χ2v) is 6.78. The molecule has 1 unspecified atom stereocenters. The van der Waals surface area contributed by atoms with Crippen LogP contribution in [0.2, 0.25) is 0 Å². The third kappa shape index (κ3) is 2.45. The van der Waals surface area contributed by atoms with E-state index in [0.717, 1.165) is 6.07 Å². The fraction of sp³-hybridized carbons (Fsp3) is 0.412. The summed E-state index contributed by atoms with van der Waals surface area (Å²) in [5.41, 5.74) is 0.830. The maximum atomic E-state index is 14.1. The van der Waals surface area contributed by atoms with Gasteiger partial charge in [-0.2, -0.15) is 0 Å². The van der Waals surface area contributed by atoms with E-state index < -0.39 is 17.6 Å². The Labute approximate surface area is 127 Å².